The van der Waals surface area contributed by atoms with Crippen LogP contribution in [0.4, 0.5) is 0 Å². The molecule has 4 heterocycles. The number of pyridine rings is 3. The largest absolute Gasteiger partial charge is 0.437 e. The minimum absolute atomic E-state index is 0. The van der Waals surface area contributed by atoms with E-state index in [0.717, 1.165) is 65.8 Å². The molecule has 4 aromatic carbocycles. The predicted molar refractivity (Wildman–Crippen MR) is 154 cm³/mol. The first-order valence-corrected chi connectivity index (χ1v) is 12.5. The molecule has 0 aliphatic carbocycles. The van der Waals surface area contributed by atoms with Crippen LogP contribution < -0.4 is 0 Å². The summed E-state index contributed by atoms with van der Waals surface area (Å²) in [5, 5.41) is 7.64. The third-order valence-corrected chi connectivity index (χ3v) is 6.76. The molecule has 8 rings (SSSR count). The van der Waals surface area contributed by atoms with Crippen LogP contribution in [0.3, 0.4) is 0 Å². The van der Waals surface area contributed by atoms with Crippen molar-refractivity contribution in [3.8, 4) is 11.3 Å². The monoisotopic (exact) mass is 680 g/mol. The Hall–Kier alpha value is -4.44. The van der Waals surface area contributed by atoms with Crippen molar-refractivity contribution in [2.75, 3.05) is 0 Å². The Bertz CT molecular complexity index is 2010. The van der Waals surface area contributed by atoms with Crippen molar-refractivity contribution in [2.45, 2.75) is 6.92 Å². The van der Waals surface area contributed by atoms with Gasteiger partial charge in [0.15, 0.2) is 0 Å². The van der Waals surface area contributed by atoms with Crippen molar-refractivity contribution in [1.82, 2.24) is 15.0 Å². The third kappa shape index (κ3) is 4.36. The summed E-state index contributed by atoms with van der Waals surface area (Å²) in [7, 11) is 0. The summed E-state index contributed by atoms with van der Waals surface area (Å²) in [5.74, 6) is 0. The molecule has 0 unspecified atom stereocenters. The number of aryl methyl sites for hydroxylation is 1. The van der Waals surface area contributed by atoms with Gasteiger partial charge in [0.25, 0.3) is 0 Å². The van der Waals surface area contributed by atoms with Gasteiger partial charge in [-0.3, -0.25) is 0 Å². The van der Waals surface area contributed by atoms with Gasteiger partial charge in [0.1, 0.15) is 5.58 Å². The van der Waals surface area contributed by atoms with Crippen molar-refractivity contribution in [2.24, 2.45) is 0 Å². The zero-order valence-electron chi connectivity index (χ0n) is 21.0. The number of hydrogen-bond acceptors (Lipinski definition) is 4. The minimum atomic E-state index is 0. The molecule has 1 radical (unpaired) electrons. The summed E-state index contributed by atoms with van der Waals surface area (Å²) in [6.07, 6.45) is 3.62. The average Bonchev–Trinajstić information content (AvgIpc) is 3.36. The van der Waals surface area contributed by atoms with Gasteiger partial charge < -0.3 is 14.4 Å². The van der Waals surface area contributed by atoms with Gasteiger partial charge in [0.05, 0.1) is 0 Å². The molecule has 0 saturated heterocycles. The Labute approximate surface area is 238 Å². The van der Waals surface area contributed by atoms with Crippen LogP contribution in [0.5, 0.6) is 0 Å². The van der Waals surface area contributed by atoms with E-state index in [1.54, 1.807) is 6.20 Å². The number of fused-ring (bicyclic) bond motifs is 10. The third-order valence-electron chi connectivity index (χ3n) is 6.76. The Kier molecular flexibility index (Phi) is 6.62. The predicted octanol–water partition coefficient (Wildman–Crippen LogP) is 8.49. The fraction of sp³-hybridized carbons (Fsp3) is 0.0294. The van der Waals surface area contributed by atoms with E-state index in [1.807, 2.05) is 79.9 Å². The Morgan fingerprint density at radius 2 is 1.44 bits per heavy atom. The van der Waals surface area contributed by atoms with Crippen molar-refractivity contribution in [1.29, 1.82) is 0 Å². The summed E-state index contributed by atoms with van der Waals surface area (Å²) >= 11 is 0. The van der Waals surface area contributed by atoms with Crippen LogP contribution in [0.15, 0.2) is 114 Å². The van der Waals surface area contributed by atoms with Gasteiger partial charge in [-0.2, -0.15) is 0 Å². The van der Waals surface area contributed by atoms with E-state index in [2.05, 4.69) is 57.4 Å². The minimum Gasteiger partial charge on any atom is -0.437 e. The maximum atomic E-state index is 6.25. The SMILES string of the molecule is Cc1ccc2c(n1)oc1c2ccc2c3ccc[c-]c3c3ncccc3c21.[Ir].[c-]1ccccc1-c1ccccn1. The first kappa shape index (κ1) is 24.9. The molecule has 0 aliphatic rings. The quantitative estimate of drug-likeness (QED) is 0.129. The molecular formula is C34H21IrN3O-2. The number of furan rings is 1. The Morgan fingerprint density at radius 1 is 0.641 bits per heavy atom. The van der Waals surface area contributed by atoms with Crippen LogP contribution in [0, 0.1) is 19.1 Å². The molecule has 0 amide bonds. The van der Waals surface area contributed by atoms with Crippen molar-refractivity contribution in [3.05, 3.63) is 127 Å². The van der Waals surface area contributed by atoms with Gasteiger partial charge in [0, 0.05) is 54.4 Å². The van der Waals surface area contributed by atoms with E-state index < -0.39 is 0 Å². The first-order valence-electron chi connectivity index (χ1n) is 12.5. The Balaban J connectivity index is 0.000000180. The molecule has 8 aromatic rings. The van der Waals surface area contributed by atoms with Crippen LogP contribution in [0.25, 0.3) is 65.8 Å². The molecule has 0 saturated carbocycles. The van der Waals surface area contributed by atoms with E-state index in [9.17, 15) is 0 Å². The molecule has 0 fully saturated rings. The fourth-order valence-corrected chi connectivity index (χ4v) is 5.04. The molecule has 39 heavy (non-hydrogen) atoms. The van der Waals surface area contributed by atoms with Crippen molar-refractivity contribution in [3.63, 3.8) is 0 Å². The van der Waals surface area contributed by atoms with Gasteiger partial charge in [-0.05, 0) is 53.2 Å². The summed E-state index contributed by atoms with van der Waals surface area (Å²) in [6, 6.07) is 38.8. The second kappa shape index (κ2) is 10.4. The number of aromatic nitrogens is 3. The van der Waals surface area contributed by atoms with Gasteiger partial charge >= 0.3 is 0 Å². The molecule has 189 valence electrons. The van der Waals surface area contributed by atoms with E-state index in [-0.39, 0.29) is 20.1 Å². The van der Waals surface area contributed by atoms with Crippen molar-refractivity contribution < 1.29 is 24.5 Å². The smallest absolute Gasteiger partial charge is 0.227 e. The van der Waals surface area contributed by atoms with Gasteiger partial charge in [-0.1, -0.05) is 35.7 Å². The molecule has 0 aliphatic heterocycles. The molecule has 0 bridgehead atoms. The van der Waals surface area contributed by atoms with E-state index >= 15 is 0 Å². The number of benzene rings is 4. The maximum absolute atomic E-state index is 6.25. The average molecular weight is 680 g/mol. The van der Waals surface area contributed by atoms with Crippen LogP contribution in [-0.4, -0.2) is 15.0 Å². The second-order valence-electron chi connectivity index (χ2n) is 9.12. The molecule has 0 atom stereocenters. The zero-order valence-corrected chi connectivity index (χ0v) is 23.4. The van der Waals surface area contributed by atoms with Gasteiger partial charge in [-0.25, -0.2) is 4.98 Å². The topological polar surface area (TPSA) is 51.8 Å². The maximum Gasteiger partial charge on any atom is 0.227 e. The molecule has 5 heteroatoms. The molecule has 4 aromatic heterocycles. The van der Waals surface area contributed by atoms with Crippen LogP contribution >= 0.6 is 0 Å². The Morgan fingerprint density at radius 3 is 2.28 bits per heavy atom. The van der Waals surface area contributed by atoms with Gasteiger partial charge in [-0.15, -0.1) is 65.5 Å². The first-order chi connectivity index (χ1) is 18.8. The van der Waals surface area contributed by atoms with Crippen molar-refractivity contribution >= 4 is 54.5 Å². The fourth-order valence-electron chi connectivity index (χ4n) is 5.04. The number of hydrogen-bond donors (Lipinski definition) is 0. The second-order valence-corrected chi connectivity index (χ2v) is 9.12. The summed E-state index contributed by atoms with van der Waals surface area (Å²) < 4.78 is 6.25. The zero-order chi connectivity index (χ0) is 25.5. The van der Waals surface area contributed by atoms with Gasteiger partial charge in [0.2, 0.25) is 5.71 Å². The van der Waals surface area contributed by atoms with E-state index in [0.29, 0.717) is 5.71 Å². The molecule has 0 spiro atoms. The standard InChI is InChI=1S/C23H13N2O.C11H8N.Ir/c1-13-8-9-18-17-11-10-15-14-5-2-3-6-16(14)21-19(7-4-12-24-21)20(15)22(17)26-23(18)25-13;1-2-6-10(7-3-1)11-8-4-5-9-12-11;/h2-5,7-12H,1H3;1-6,8-9H;/q2*-1;. The number of nitrogens with zero attached hydrogens (tertiary/aromatic N) is 3. The van der Waals surface area contributed by atoms with Crippen LogP contribution in [-0.2, 0) is 20.1 Å². The molecular weight excluding hydrogens is 659 g/mol. The number of rotatable bonds is 1. The summed E-state index contributed by atoms with van der Waals surface area (Å²) in [6.45, 7) is 1.98. The van der Waals surface area contributed by atoms with E-state index in [4.69, 9.17) is 4.42 Å². The van der Waals surface area contributed by atoms with Crippen LogP contribution in [0.1, 0.15) is 5.69 Å². The molecule has 0 N–H and O–H groups in total. The summed E-state index contributed by atoms with van der Waals surface area (Å²) in [5.41, 5.74) is 5.47. The molecule has 4 nitrogen and oxygen atoms in total. The normalized spacial score (nSPS) is 11.0. The van der Waals surface area contributed by atoms with Crippen LogP contribution in [0.2, 0.25) is 0 Å². The summed E-state index contributed by atoms with van der Waals surface area (Å²) in [4.78, 5) is 13.4. The van der Waals surface area contributed by atoms with E-state index in [1.165, 1.54) is 0 Å².